The molecule has 646 valence electrons. The first-order chi connectivity index (χ1) is 67.1. The molecule has 0 N–H and O–H groups in total. The number of rotatable bonds is 7. The van der Waals surface area contributed by atoms with Crippen LogP contribution in [0.15, 0.2) is 403 Å². The minimum atomic E-state index is -0.123. The summed E-state index contributed by atoms with van der Waals surface area (Å²) in [5.41, 5.74) is 38.4. The summed E-state index contributed by atoms with van der Waals surface area (Å²) in [5.74, 6) is 0. The molecule has 0 atom stereocenters. The van der Waals surface area contributed by atoms with Crippen LogP contribution in [0.2, 0.25) is 0 Å². The second-order valence-electron chi connectivity index (χ2n) is 38.2. The number of hydrogen-bond donors (Lipinski definition) is 0. The van der Waals surface area contributed by atoms with Crippen LogP contribution in [0.1, 0.15) is 74.9 Å². The molecule has 27 aromatic rings. The molecule has 0 saturated carbocycles. The van der Waals surface area contributed by atoms with Gasteiger partial charge in [0, 0.05) is 116 Å². The van der Waals surface area contributed by atoms with Crippen molar-refractivity contribution in [2.45, 2.75) is 57.8 Å². The number of aromatic nitrogens is 6. The van der Waals surface area contributed by atoms with E-state index in [0.717, 1.165) is 227 Å². The minimum Gasteiger partial charge on any atom is -0.452 e. The molecule has 137 heavy (non-hydrogen) atoms. The Morgan fingerprint density at radius 1 is 0.175 bits per heavy atom. The lowest BCUT2D eigenvalue weighted by Gasteiger charge is -2.20. The van der Waals surface area contributed by atoms with E-state index in [0.29, 0.717) is 0 Å². The van der Waals surface area contributed by atoms with Crippen LogP contribution in [-0.4, -0.2) is 29.9 Å². The van der Waals surface area contributed by atoms with Gasteiger partial charge in [-0.05, 0) is 239 Å². The molecule has 12 heterocycles. The molecule has 0 fully saturated rings. The van der Waals surface area contributed by atoms with Gasteiger partial charge < -0.3 is 26.5 Å². The summed E-state index contributed by atoms with van der Waals surface area (Å²) < 4.78 is 37.9. The molecule has 3 aliphatic rings. The number of hydrogen-bond acceptors (Lipinski definition) is 12. The normalized spacial score (nSPS) is 13.6. The summed E-state index contributed by atoms with van der Waals surface area (Å²) in [5, 5.41) is 17.7. The zero-order valence-electron chi connectivity index (χ0n) is 75.4. The van der Waals surface area contributed by atoms with E-state index in [1.54, 1.807) is 0 Å². The topological polar surface area (TPSA) is 156 Å². The third-order valence-corrected chi connectivity index (χ3v) is 29.5. The van der Waals surface area contributed by atoms with E-state index in [4.69, 9.17) is 51.4 Å². The molecule has 12 heteroatoms. The Morgan fingerprint density at radius 2 is 0.453 bits per heavy atom. The van der Waals surface area contributed by atoms with E-state index < -0.39 is 0 Å². The third kappa shape index (κ3) is 11.9. The van der Waals surface area contributed by atoms with Crippen molar-refractivity contribution in [3.05, 3.63) is 410 Å². The number of pyridine rings is 6. The van der Waals surface area contributed by atoms with Gasteiger partial charge in [-0.1, -0.05) is 260 Å². The predicted molar refractivity (Wildman–Crippen MR) is 556 cm³/mol. The van der Waals surface area contributed by atoms with Gasteiger partial charge in [-0.2, -0.15) is 0 Å². The molecular weight excluding hydrogens is 1680 g/mol. The highest BCUT2D eigenvalue weighted by molar-refractivity contribution is 6.23. The van der Waals surface area contributed by atoms with Crippen LogP contribution in [0.4, 0.5) is 0 Å². The fourth-order valence-corrected chi connectivity index (χ4v) is 22.3. The quantitative estimate of drug-likeness (QED) is 0.149. The van der Waals surface area contributed by atoms with Gasteiger partial charge in [0.15, 0.2) is 33.5 Å². The van der Waals surface area contributed by atoms with Gasteiger partial charge in [-0.3, -0.25) is 15.0 Å². The molecule has 12 nitrogen and oxygen atoms in total. The van der Waals surface area contributed by atoms with Gasteiger partial charge in [-0.25, -0.2) is 15.0 Å². The Balaban J connectivity index is 0.000000102. The van der Waals surface area contributed by atoms with Crippen LogP contribution in [0.5, 0.6) is 0 Å². The van der Waals surface area contributed by atoms with E-state index in [-0.39, 0.29) is 16.2 Å². The smallest absolute Gasteiger partial charge is 0.178 e. The first-order valence-electron chi connectivity index (χ1n) is 46.6. The lowest BCUT2D eigenvalue weighted by molar-refractivity contribution is 0.633. The average Bonchev–Trinajstić information content (AvgIpc) is 1.60. The lowest BCUT2D eigenvalue weighted by Crippen LogP contribution is -2.15. The monoisotopic (exact) mass is 1760 g/mol. The number of para-hydroxylation sites is 3. The predicted octanol–water partition coefficient (Wildman–Crippen LogP) is 33.7. The first kappa shape index (κ1) is 78.2. The van der Waals surface area contributed by atoms with Crippen molar-refractivity contribution in [3.8, 4) is 112 Å². The van der Waals surface area contributed by atoms with Crippen molar-refractivity contribution >= 4 is 153 Å². The molecule has 30 rings (SSSR count). The summed E-state index contributed by atoms with van der Waals surface area (Å²) in [7, 11) is 0. The fourth-order valence-electron chi connectivity index (χ4n) is 22.3. The van der Waals surface area contributed by atoms with Gasteiger partial charge >= 0.3 is 0 Å². The maximum Gasteiger partial charge on any atom is 0.178 e. The highest BCUT2D eigenvalue weighted by Crippen LogP contribution is 2.53. The maximum absolute atomic E-state index is 6.42. The standard InChI is InChI=1S/C43H28N2O2.2C41H26N2O2/c1-43(2)34-7-5-23-44-39(34)40-35(43)20-21-36(45-40)28-15-13-26(14-16-28)25-9-11-27(12-10-25)29-17-22-38-33(24-29)32-19-18-31-30-6-3-4-8-37(30)46-41(31)42(32)47-38;1-41(2)32-11-7-21-42-37(32)38-33(41)18-19-34(43-38)27-15-14-24(25-8-3-4-9-26(25)27)23-13-20-36-31(22-23)30-17-16-29-28-10-5-6-12-35(28)44-39(29)40(30)45-36;1-41(2)32-7-5-19-42-37(32)38-33(41)16-17-34(43-38)27-12-11-23-20-24(9-10-25(23)21-27)26-13-18-36-31(22-26)30-15-14-29-28-6-3-4-8-35(28)44-39(29)40(30)45-36/h3-24H,1-2H3;2*3-22H,1-2H3. The molecule has 0 saturated heterocycles. The van der Waals surface area contributed by atoms with Crippen molar-refractivity contribution in [2.24, 2.45) is 0 Å². The van der Waals surface area contributed by atoms with Gasteiger partial charge in [0.2, 0.25) is 0 Å². The lowest BCUT2D eigenvalue weighted by atomic mass is 9.83. The Morgan fingerprint density at radius 3 is 0.876 bits per heavy atom. The number of benzene rings is 15. The molecular formula is C125H80N6O6. The molecule has 0 aliphatic heterocycles. The van der Waals surface area contributed by atoms with Crippen LogP contribution in [0.25, 0.3) is 266 Å². The Hall–Kier alpha value is -17.5. The molecule has 12 aromatic heterocycles. The van der Waals surface area contributed by atoms with Gasteiger partial charge in [0.25, 0.3) is 0 Å². The van der Waals surface area contributed by atoms with Crippen molar-refractivity contribution in [1.82, 2.24) is 29.9 Å². The molecule has 0 amide bonds. The van der Waals surface area contributed by atoms with E-state index in [2.05, 4.69) is 332 Å². The SMILES string of the molecule is CC1(C)c2cccnc2-c2nc(-c3ccc(-c4ccc(-c5ccc6oc7c(ccc8c9ccccc9oc87)c6c5)cc4)cc3)ccc21.CC1(C)c2cccnc2-c2nc(-c3ccc(-c4ccc5oc6c(ccc7c8ccccc8oc76)c5c4)c4ccccc34)ccc21.CC1(C)c2cccnc2-c2nc(-c3ccc4cc(-c5ccc6oc7c(ccc8c9ccccc9oc87)c6c5)ccc4c3)ccc21. The van der Waals surface area contributed by atoms with Crippen LogP contribution in [0.3, 0.4) is 0 Å². The Bertz CT molecular complexity index is 9860. The van der Waals surface area contributed by atoms with Crippen LogP contribution >= 0.6 is 0 Å². The Labute approximate surface area is 784 Å². The van der Waals surface area contributed by atoms with E-state index in [9.17, 15) is 0 Å². The molecule has 0 bridgehead atoms. The molecule has 0 unspecified atom stereocenters. The van der Waals surface area contributed by atoms with Crippen molar-refractivity contribution in [1.29, 1.82) is 0 Å². The van der Waals surface area contributed by atoms with Crippen LogP contribution < -0.4 is 0 Å². The second-order valence-corrected chi connectivity index (χ2v) is 38.2. The number of nitrogens with zero attached hydrogens (tertiary/aromatic N) is 6. The zero-order chi connectivity index (χ0) is 91.0. The largest absolute Gasteiger partial charge is 0.452 e. The van der Waals surface area contributed by atoms with Gasteiger partial charge in [0.05, 0.1) is 51.2 Å². The third-order valence-electron chi connectivity index (χ3n) is 29.5. The zero-order valence-corrected chi connectivity index (χ0v) is 75.4. The number of fused-ring (bicyclic) bond motifs is 32. The first-order valence-corrected chi connectivity index (χ1v) is 46.6. The van der Waals surface area contributed by atoms with Crippen LogP contribution in [0, 0.1) is 0 Å². The molecule has 3 aliphatic carbocycles. The summed E-state index contributed by atoms with van der Waals surface area (Å²) in [6.07, 6.45) is 5.58. The van der Waals surface area contributed by atoms with E-state index in [1.165, 1.54) is 71.6 Å². The highest BCUT2D eigenvalue weighted by atomic mass is 16.4. The molecule has 0 spiro atoms. The van der Waals surface area contributed by atoms with Crippen molar-refractivity contribution in [3.63, 3.8) is 0 Å². The Kier molecular flexibility index (Phi) is 16.7. The maximum atomic E-state index is 6.42. The number of furan rings is 6. The van der Waals surface area contributed by atoms with Crippen molar-refractivity contribution < 1.29 is 26.5 Å². The van der Waals surface area contributed by atoms with Crippen molar-refractivity contribution in [2.75, 3.05) is 0 Å². The van der Waals surface area contributed by atoms with Gasteiger partial charge in [0.1, 0.15) is 33.5 Å². The summed E-state index contributed by atoms with van der Waals surface area (Å²) in [6, 6.07) is 126. The van der Waals surface area contributed by atoms with Gasteiger partial charge in [-0.15, -0.1) is 0 Å². The second kappa shape index (κ2) is 29.3. The summed E-state index contributed by atoms with van der Waals surface area (Å²) in [6.45, 7) is 13.5. The van der Waals surface area contributed by atoms with E-state index in [1.807, 2.05) is 91.4 Å². The minimum absolute atomic E-state index is 0.0965. The van der Waals surface area contributed by atoms with E-state index >= 15 is 0 Å². The van der Waals surface area contributed by atoms with Crippen LogP contribution in [-0.2, 0) is 16.2 Å². The highest BCUT2D eigenvalue weighted by Gasteiger charge is 2.41. The summed E-state index contributed by atoms with van der Waals surface area (Å²) >= 11 is 0. The average molecular weight is 1760 g/mol. The fraction of sp³-hybridized carbons (Fsp3) is 0.0720. The summed E-state index contributed by atoms with van der Waals surface area (Å²) in [4.78, 5) is 29.6. The molecule has 15 aromatic carbocycles. The molecule has 0 radical (unpaired) electrons.